The number of carbonyl (C=O) groups excluding carboxylic acids is 2. The number of hydrogen-bond acceptors (Lipinski definition) is 6. The van der Waals surface area contributed by atoms with E-state index in [0.717, 1.165) is 5.69 Å². The van der Waals surface area contributed by atoms with Gasteiger partial charge in [-0.2, -0.15) is 0 Å². The van der Waals surface area contributed by atoms with E-state index in [1.165, 1.54) is 26.0 Å². The van der Waals surface area contributed by atoms with Gasteiger partial charge in [0, 0.05) is 19.8 Å². The molecule has 0 aliphatic heterocycles. The summed E-state index contributed by atoms with van der Waals surface area (Å²) in [5.74, 6) is -4.19. The van der Waals surface area contributed by atoms with Crippen molar-refractivity contribution in [3.05, 3.63) is 87.5 Å². The first kappa shape index (κ1) is 29.9. The van der Waals surface area contributed by atoms with Crippen LogP contribution in [0.1, 0.15) is 34.0 Å². The second kappa shape index (κ2) is 12.0. The third-order valence-electron chi connectivity index (χ3n) is 5.25. The van der Waals surface area contributed by atoms with E-state index < -0.39 is 29.0 Å². The number of carbonyl (C=O) groups is 3. The molecule has 0 bridgehead atoms. The van der Waals surface area contributed by atoms with Gasteiger partial charge in [0.1, 0.15) is 5.57 Å². The van der Waals surface area contributed by atoms with Crippen molar-refractivity contribution in [2.75, 3.05) is 19.0 Å². The van der Waals surface area contributed by atoms with Crippen LogP contribution in [0.3, 0.4) is 0 Å². The Balaban J connectivity index is 0.00000289. The molecule has 2 aromatic rings. The van der Waals surface area contributed by atoms with Crippen molar-refractivity contribution in [2.24, 2.45) is 0 Å². The van der Waals surface area contributed by atoms with Crippen LogP contribution in [0.2, 0.25) is 0 Å². The normalized spacial score (nSPS) is 14.2. The van der Waals surface area contributed by atoms with E-state index in [9.17, 15) is 29.7 Å². The van der Waals surface area contributed by atoms with Crippen molar-refractivity contribution in [1.82, 2.24) is 0 Å². The minimum Gasteiger partial charge on any atom is -0.872 e. The Hall–Kier alpha value is -2.13. The molecule has 0 saturated carbocycles. The summed E-state index contributed by atoms with van der Waals surface area (Å²) in [6.45, 7) is 3.02. The van der Waals surface area contributed by atoms with Crippen molar-refractivity contribution >= 4 is 29.0 Å². The Kier molecular flexibility index (Phi) is 10.6. The molecule has 0 radical (unpaired) electrons. The van der Waals surface area contributed by atoms with Gasteiger partial charge in [-0.3, -0.25) is 4.79 Å². The molecular formula is C25H21NNa2O6. The smallest absolute Gasteiger partial charge is 0.872 e. The maximum absolute atomic E-state index is 12.3. The summed E-state index contributed by atoms with van der Waals surface area (Å²) in [5, 5.41) is 33.3. The molecule has 7 nitrogen and oxygen atoms in total. The molecule has 164 valence electrons. The van der Waals surface area contributed by atoms with E-state index in [-0.39, 0.29) is 75.8 Å². The van der Waals surface area contributed by atoms with Crippen molar-refractivity contribution in [2.45, 2.75) is 13.8 Å². The van der Waals surface area contributed by atoms with E-state index in [2.05, 4.69) is 0 Å². The Morgan fingerprint density at radius 2 is 1.53 bits per heavy atom. The molecule has 0 saturated heterocycles. The van der Waals surface area contributed by atoms with Gasteiger partial charge in [0.2, 0.25) is 0 Å². The molecule has 0 unspecified atom stereocenters. The average Bonchev–Trinajstić information content (AvgIpc) is 2.72. The Bertz CT molecular complexity index is 1240. The van der Waals surface area contributed by atoms with E-state index in [1.807, 2.05) is 43.3 Å². The number of aromatic carboxylic acids is 1. The molecule has 0 fully saturated rings. The zero-order valence-electron chi connectivity index (χ0n) is 20.1. The number of allylic oxidation sites excluding steroid dienone is 4. The summed E-state index contributed by atoms with van der Waals surface area (Å²) in [4.78, 5) is 37.4. The van der Waals surface area contributed by atoms with Gasteiger partial charge >= 0.3 is 65.1 Å². The maximum Gasteiger partial charge on any atom is 1.00 e. The molecule has 1 aliphatic rings. The molecule has 1 N–H and O–H groups in total. The van der Waals surface area contributed by atoms with Gasteiger partial charge in [0.15, 0.2) is 5.78 Å². The average molecular weight is 477 g/mol. The minimum absolute atomic E-state index is 0. The van der Waals surface area contributed by atoms with Gasteiger partial charge in [-0.15, -0.1) is 0 Å². The van der Waals surface area contributed by atoms with Crippen LogP contribution in [0.5, 0.6) is 5.75 Å². The topological polar surface area (TPSA) is 121 Å². The fourth-order valence-corrected chi connectivity index (χ4v) is 3.57. The number of benzene rings is 2. The fourth-order valence-electron chi connectivity index (χ4n) is 3.57. The largest absolute Gasteiger partial charge is 1.00 e. The molecule has 9 heteroatoms. The van der Waals surface area contributed by atoms with E-state index >= 15 is 0 Å². The number of anilines is 1. The first-order chi connectivity index (χ1) is 15.0. The predicted molar refractivity (Wildman–Crippen MR) is 116 cm³/mol. The molecular weight excluding hydrogens is 456 g/mol. The molecule has 34 heavy (non-hydrogen) atoms. The summed E-state index contributed by atoms with van der Waals surface area (Å²) < 4.78 is 0. The van der Waals surface area contributed by atoms with E-state index in [1.54, 1.807) is 12.1 Å². The summed E-state index contributed by atoms with van der Waals surface area (Å²) in [6.07, 6.45) is 2.83. The third kappa shape index (κ3) is 6.10. The SMILES string of the molecule is CC1=C/C(=C(/c2ccc(N(C)C)cc2)c2cc(C)c([O-])c(C(=O)[O-])c2)C=C(C(=O)O)C1=O.[Na+].[Na+]. The second-order valence-corrected chi connectivity index (χ2v) is 7.75. The number of ketones is 1. The van der Waals surface area contributed by atoms with Crippen LogP contribution in [0.15, 0.2) is 65.3 Å². The van der Waals surface area contributed by atoms with Crippen molar-refractivity contribution in [1.29, 1.82) is 0 Å². The van der Waals surface area contributed by atoms with E-state index in [4.69, 9.17) is 0 Å². The Morgan fingerprint density at radius 3 is 2.03 bits per heavy atom. The minimum atomic E-state index is -1.60. The third-order valence-corrected chi connectivity index (χ3v) is 5.25. The summed E-state index contributed by atoms with van der Waals surface area (Å²) in [7, 11) is 3.77. The first-order valence-electron chi connectivity index (χ1n) is 9.74. The van der Waals surface area contributed by atoms with Gasteiger partial charge in [-0.05, 0) is 77.6 Å². The van der Waals surface area contributed by atoms with Gasteiger partial charge < -0.3 is 25.0 Å². The van der Waals surface area contributed by atoms with Crippen LogP contribution >= 0.6 is 0 Å². The summed E-state index contributed by atoms with van der Waals surface area (Å²) >= 11 is 0. The van der Waals surface area contributed by atoms with Crippen molar-refractivity contribution in [3.63, 3.8) is 0 Å². The first-order valence-corrected chi connectivity index (χ1v) is 9.74. The quantitative estimate of drug-likeness (QED) is 0.343. The predicted octanol–water partition coefficient (Wildman–Crippen LogP) is -4.15. The zero-order chi connectivity index (χ0) is 23.7. The van der Waals surface area contributed by atoms with Gasteiger partial charge in [0.05, 0.1) is 5.97 Å². The molecule has 3 rings (SSSR count). The zero-order valence-corrected chi connectivity index (χ0v) is 24.1. The number of rotatable bonds is 5. The summed E-state index contributed by atoms with van der Waals surface area (Å²) in [6, 6.07) is 10.1. The van der Waals surface area contributed by atoms with Gasteiger partial charge in [-0.1, -0.05) is 29.5 Å². The molecule has 0 aromatic heterocycles. The van der Waals surface area contributed by atoms with Crippen LogP contribution in [-0.4, -0.2) is 36.9 Å². The Morgan fingerprint density at radius 1 is 0.941 bits per heavy atom. The number of nitrogens with zero attached hydrogens (tertiary/aromatic N) is 1. The molecule has 1 aliphatic carbocycles. The van der Waals surface area contributed by atoms with E-state index in [0.29, 0.717) is 22.3 Å². The number of aryl methyl sites for hydroxylation is 1. The maximum atomic E-state index is 12.3. The number of hydrogen-bond donors (Lipinski definition) is 1. The number of carboxylic acids is 2. The Labute approximate surface area is 242 Å². The second-order valence-electron chi connectivity index (χ2n) is 7.75. The molecule has 0 amide bonds. The van der Waals surface area contributed by atoms with Crippen LogP contribution in [0, 0.1) is 6.92 Å². The van der Waals surface area contributed by atoms with Crippen LogP contribution in [-0.2, 0) is 9.59 Å². The summed E-state index contributed by atoms with van der Waals surface area (Å²) in [5.41, 5.74) is 2.45. The standard InChI is InChI=1S/C25H23NO6.2Na/c1-13-9-16(11-19(22(13)27)24(29)30)21(15-5-7-18(8-6-15)26(3)4)17-10-14(2)23(28)20(12-17)25(31)32;;/h5-12,27H,1-4H3,(H,29,30)(H,31,32);;/q;2*+1/p-2/b21-17+;;. The fraction of sp³-hybridized carbons (Fsp3) is 0.160. The molecule has 0 spiro atoms. The van der Waals surface area contributed by atoms with Gasteiger partial charge in [-0.25, -0.2) is 4.79 Å². The van der Waals surface area contributed by atoms with Crippen LogP contribution in [0.25, 0.3) is 5.57 Å². The molecule has 2 aromatic carbocycles. The van der Waals surface area contributed by atoms with Crippen LogP contribution < -0.4 is 74.2 Å². The number of carboxylic acid groups (broad SMARTS) is 2. The van der Waals surface area contributed by atoms with Gasteiger partial charge in [0.25, 0.3) is 0 Å². The number of aliphatic carboxylic acids is 1. The monoisotopic (exact) mass is 477 g/mol. The van der Waals surface area contributed by atoms with Crippen LogP contribution in [0.4, 0.5) is 5.69 Å². The number of Topliss-reactive ketones (excluding diaryl/α,β-unsaturated/α-hetero) is 1. The molecule has 0 heterocycles. The van der Waals surface area contributed by atoms with Crippen molar-refractivity contribution in [3.8, 4) is 5.75 Å². The molecule has 0 atom stereocenters. The van der Waals surface area contributed by atoms with Crippen molar-refractivity contribution < 1.29 is 88.8 Å².